The quantitative estimate of drug-likeness (QED) is 0.807. The highest BCUT2D eigenvalue weighted by Gasteiger charge is 2.21. The molecule has 100 valence electrons. The SMILES string of the molecule is CCCN(CC)c1c(Cl)cccc1CNC1CC1. The zero-order valence-corrected chi connectivity index (χ0v) is 12.1. The van der Waals surface area contributed by atoms with Gasteiger partial charge in [0.25, 0.3) is 0 Å². The summed E-state index contributed by atoms with van der Waals surface area (Å²) < 4.78 is 0. The summed E-state index contributed by atoms with van der Waals surface area (Å²) in [4.78, 5) is 2.38. The average molecular weight is 267 g/mol. The number of para-hydroxylation sites is 1. The van der Waals surface area contributed by atoms with Gasteiger partial charge in [0.2, 0.25) is 0 Å². The first-order chi connectivity index (χ1) is 8.76. The second kappa shape index (κ2) is 6.44. The Balaban J connectivity index is 2.17. The predicted molar refractivity (Wildman–Crippen MR) is 79.5 cm³/mol. The number of anilines is 1. The molecule has 0 aliphatic heterocycles. The van der Waals surface area contributed by atoms with Gasteiger partial charge in [0.1, 0.15) is 0 Å². The van der Waals surface area contributed by atoms with Crippen LogP contribution in [0.15, 0.2) is 18.2 Å². The van der Waals surface area contributed by atoms with Crippen molar-refractivity contribution in [3.63, 3.8) is 0 Å². The summed E-state index contributed by atoms with van der Waals surface area (Å²) in [7, 11) is 0. The molecule has 0 saturated heterocycles. The number of nitrogens with one attached hydrogen (secondary N) is 1. The fourth-order valence-corrected chi connectivity index (χ4v) is 2.61. The highest BCUT2D eigenvalue weighted by molar-refractivity contribution is 6.33. The Morgan fingerprint density at radius 2 is 2.11 bits per heavy atom. The third kappa shape index (κ3) is 3.39. The van der Waals surface area contributed by atoms with E-state index < -0.39 is 0 Å². The van der Waals surface area contributed by atoms with Crippen LogP contribution in [0.5, 0.6) is 0 Å². The highest BCUT2D eigenvalue weighted by Crippen LogP contribution is 2.31. The van der Waals surface area contributed by atoms with Gasteiger partial charge >= 0.3 is 0 Å². The van der Waals surface area contributed by atoms with E-state index in [9.17, 15) is 0 Å². The molecular weight excluding hydrogens is 244 g/mol. The van der Waals surface area contributed by atoms with Gasteiger partial charge in [-0.2, -0.15) is 0 Å². The van der Waals surface area contributed by atoms with Gasteiger partial charge in [0.05, 0.1) is 10.7 Å². The Kier molecular flexibility index (Phi) is 4.90. The van der Waals surface area contributed by atoms with Crippen LogP contribution in [0.4, 0.5) is 5.69 Å². The van der Waals surface area contributed by atoms with Gasteiger partial charge in [-0.15, -0.1) is 0 Å². The number of halogens is 1. The summed E-state index contributed by atoms with van der Waals surface area (Å²) >= 11 is 6.40. The van der Waals surface area contributed by atoms with E-state index >= 15 is 0 Å². The van der Waals surface area contributed by atoms with E-state index in [1.54, 1.807) is 0 Å². The molecule has 0 radical (unpaired) electrons. The van der Waals surface area contributed by atoms with Crippen LogP contribution >= 0.6 is 11.6 Å². The molecule has 18 heavy (non-hydrogen) atoms. The van der Waals surface area contributed by atoms with Crippen molar-refractivity contribution in [2.45, 2.75) is 45.7 Å². The molecule has 2 nitrogen and oxygen atoms in total. The van der Waals surface area contributed by atoms with Crippen molar-refractivity contribution in [1.82, 2.24) is 5.32 Å². The Hall–Kier alpha value is -0.730. The number of benzene rings is 1. The monoisotopic (exact) mass is 266 g/mol. The van der Waals surface area contributed by atoms with Crippen molar-refractivity contribution in [3.8, 4) is 0 Å². The molecule has 0 atom stereocenters. The third-order valence-corrected chi connectivity index (χ3v) is 3.73. The molecule has 1 aromatic carbocycles. The van der Waals surface area contributed by atoms with E-state index in [1.807, 2.05) is 6.07 Å². The standard InChI is InChI=1S/C15H23ClN2/c1-3-10-18(4-2)15-12(6-5-7-14(15)16)11-17-13-8-9-13/h5-7,13,17H,3-4,8-11H2,1-2H3. The lowest BCUT2D eigenvalue weighted by molar-refractivity contribution is 0.682. The summed E-state index contributed by atoms with van der Waals surface area (Å²) in [5.74, 6) is 0. The lowest BCUT2D eigenvalue weighted by atomic mass is 10.1. The maximum absolute atomic E-state index is 6.40. The summed E-state index contributed by atoms with van der Waals surface area (Å²) in [6.45, 7) is 7.41. The largest absolute Gasteiger partial charge is 0.370 e. The maximum atomic E-state index is 6.40. The van der Waals surface area contributed by atoms with E-state index in [-0.39, 0.29) is 0 Å². The topological polar surface area (TPSA) is 15.3 Å². The molecule has 1 aliphatic rings. The fraction of sp³-hybridized carbons (Fsp3) is 0.600. The first-order valence-corrected chi connectivity index (χ1v) is 7.39. The minimum Gasteiger partial charge on any atom is -0.370 e. The van der Waals surface area contributed by atoms with E-state index in [0.717, 1.165) is 37.1 Å². The van der Waals surface area contributed by atoms with Crippen molar-refractivity contribution in [3.05, 3.63) is 28.8 Å². The Labute approximate surface area is 115 Å². The van der Waals surface area contributed by atoms with Crippen molar-refractivity contribution < 1.29 is 0 Å². The molecule has 0 unspecified atom stereocenters. The molecule has 0 amide bonds. The van der Waals surface area contributed by atoms with E-state index in [4.69, 9.17) is 11.6 Å². The molecule has 3 heteroatoms. The second-order valence-electron chi connectivity index (χ2n) is 4.98. The van der Waals surface area contributed by atoms with Crippen molar-refractivity contribution in [2.24, 2.45) is 0 Å². The molecule has 1 aromatic rings. The van der Waals surface area contributed by atoms with Gasteiger partial charge in [-0.3, -0.25) is 0 Å². The Bertz CT molecular complexity index is 388. The zero-order chi connectivity index (χ0) is 13.0. The summed E-state index contributed by atoms with van der Waals surface area (Å²) in [5, 5.41) is 4.45. The fourth-order valence-electron chi connectivity index (χ4n) is 2.30. The van der Waals surface area contributed by atoms with Crippen LogP contribution < -0.4 is 10.2 Å². The molecule has 1 N–H and O–H groups in total. The van der Waals surface area contributed by atoms with E-state index in [2.05, 4.69) is 36.2 Å². The van der Waals surface area contributed by atoms with Gasteiger partial charge in [-0.1, -0.05) is 30.7 Å². The Morgan fingerprint density at radius 3 is 2.72 bits per heavy atom. The summed E-state index contributed by atoms with van der Waals surface area (Å²) in [6.07, 6.45) is 3.79. The molecule has 1 aliphatic carbocycles. The van der Waals surface area contributed by atoms with Crippen LogP contribution in [0.3, 0.4) is 0 Å². The van der Waals surface area contributed by atoms with Crippen LogP contribution in [-0.4, -0.2) is 19.1 Å². The molecule has 0 bridgehead atoms. The van der Waals surface area contributed by atoms with Crippen LogP contribution in [0, 0.1) is 0 Å². The van der Waals surface area contributed by atoms with Crippen molar-refractivity contribution in [2.75, 3.05) is 18.0 Å². The van der Waals surface area contributed by atoms with Gasteiger partial charge in [0.15, 0.2) is 0 Å². The molecule has 1 saturated carbocycles. The first-order valence-electron chi connectivity index (χ1n) is 7.02. The van der Waals surface area contributed by atoms with Crippen LogP contribution in [0.2, 0.25) is 5.02 Å². The third-order valence-electron chi connectivity index (χ3n) is 3.42. The molecule has 0 spiro atoms. The number of hydrogen-bond donors (Lipinski definition) is 1. The normalized spacial score (nSPS) is 14.8. The zero-order valence-electron chi connectivity index (χ0n) is 11.4. The van der Waals surface area contributed by atoms with Gasteiger partial charge < -0.3 is 10.2 Å². The molecule has 2 rings (SSSR count). The predicted octanol–water partition coefficient (Wildman–Crippen LogP) is 3.83. The number of rotatable bonds is 7. The van der Waals surface area contributed by atoms with Crippen molar-refractivity contribution >= 4 is 17.3 Å². The lowest BCUT2D eigenvalue weighted by Crippen LogP contribution is -2.26. The van der Waals surface area contributed by atoms with E-state index in [0.29, 0.717) is 0 Å². The lowest BCUT2D eigenvalue weighted by Gasteiger charge is -2.26. The molecule has 0 heterocycles. The summed E-state index contributed by atoms with van der Waals surface area (Å²) in [6, 6.07) is 6.97. The molecule has 0 aromatic heterocycles. The van der Waals surface area contributed by atoms with Crippen molar-refractivity contribution in [1.29, 1.82) is 0 Å². The van der Waals surface area contributed by atoms with Crippen LogP contribution in [-0.2, 0) is 6.54 Å². The number of nitrogens with zero attached hydrogens (tertiary/aromatic N) is 1. The van der Waals surface area contributed by atoms with Gasteiger partial charge in [-0.05, 0) is 37.8 Å². The first kappa shape index (κ1) is 13.7. The highest BCUT2D eigenvalue weighted by atomic mass is 35.5. The number of hydrogen-bond acceptors (Lipinski definition) is 2. The van der Waals surface area contributed by atoms with Crippen LogP contribution in [0.1, 0.15) is 38.7 Å². The Morgan fingerprint density at radius 1 is 1.33 bits per heavy atom. The second-order valence-corrected chi connectivity index (χ2v) is 5.39. The van der Waals surface area contributed by atoms with Gasteiger partial charge in [-0.25, -0.2) is 0 Å². The minimum absolute atomic E-state index is 0.734. The van der Waals surface area contributed by atoms with Gasteiger partial charge in [0, 0.05) is 25.7 Å². The van der Waals surface area contributed by atoms with Crippen LogP contribution in [0.25, 0.3) is 0 Å². The maximum Gasteiger partial charge on any atom is 0.0642 e. The smallest absolute Gasteiger partial charge is 0.0642 e. The average Bonchev–Trinajstić information content (AvgIpc) is 3.18. The van der Waals surface area contributed by atoms with E-state index in [1.165, 1.54) is 24.1 Å². The molecule has 1 fully saturated rings. The summed E-state index contributed by atoms with van der Waals surface area (Å²) in [5.41, 5.74) is 2.54. The molecular formula is C15H23ClN2. The minimum atomic E-state index is 0.734.